The Kier molecular flexibility index (Phi) is 5.35. The molecule has 3 nitrogen and oxygen atoms in total. The van der Waals surface area contributed by atoms with Gasteiger partial charge in [-0.1, -0.05) is 38.1 Å². The Balaban J connectivity index is 2.62. The normalized spacial score (nSPS) is 14.3. The monoisotopic (exact) mass is 248 g/mol. The lowest BCUT2D eigenvalue weighted by atomic mass is 10.0. The van der Waals surface area contributed by atoms with Crippen molar-refractivity contribution in [2.75, 3.05) is 0 Å². The van der Waals surface area contributed by atoms with E-state index >= 15 is 0 Å². The molecule has 1 unspecified atom stereocenters. The van der Waals surface area contributed by atoms with E-state index < -0.39 is 6.04 Å². The predicted octanol–water partition coefficient (Wildman–Crippen LogP) is 2.55. The fraction of sp³-hybridized carbons (Fsp3) is 0.533. The molecule has 100 valence electrons. The maximum Gasteiger partial charge on any atom is 0.237 e. The van der Waals surface area contributed by atoms with Crippen molar-refractivity contribution in [3.8, 4) is 0 Å². The lowest BCUT2D eigenvalue weighted by Crippen LogP contribution is -2.42. The highest BCUT2D eigenvalue weighted by Gasteiger charge is 2.18. The van der Waals surface area contributed by atoms with E-state index in [1.54, 1.807) is 0 Å². The molecule has 0 radical (unpaired) electrons. The molecular formula is C15H24N2O. The van der Waals surface area contributed by atoms with Gasteiger partial charge < -0.3 is 11.1 Å². The quantitative estimate of drug-likeness (QED) is 0.841. The van der Waals surface area contributed by atoms with Gasteiger partial charge in [-0.2, -0.15) is 0 Å². The van der Waals surface area contributed by atoms with Crippen LogP contribution in [0.25, 0.3) is 0 Å². The molecule has 3 N–H and O–H groups in total. The van der Waals surface area contributed by atoms with Crippen LogP contribution in [0.4, 0.5) is 0 Å². The van der Waals surface area contributed by atoms with E-state index in [1.807, 2.05) is 38.1 Å². The number of hydrogen-bond donors (Lipinski definition) is 2. The summed E-state index contributed by atoms with van der Waals surface area (Å²) in [5.74, 6) is 0.360. The summed E-state index contributed by atoms with van der Waals surface area (Å²) in [6, 6.07) is 7.64. The molecule has 0 spiro atoms. The van der Waals surface area contributed by atoms with Crippen molar-refractivity contribution in [2.45, 2.75) is 46.2 Å². The van der Waals surface area contributed by atoms with Gasteiger partial charge in [0.2, 0.25) is 5.91 Å². The summed E-state index contributed by atoms with van der Waals surface area (Å²) in [6.07, 6.45) is 0.715. The number of rotatable bonds is 5. The zero-order chi connectivity index (χ0) is 13.7. The second-order valence-corrected chi connectivity index (χ2v) is 5.32. The molecule has 1 amide bonds. The Bertz CT molecular complexity index is 401. The fourth-order valence-electron chi connectivity index (χ4n) is 2.09. The van der Waals surface area contributed by atoms with Gasteiger partial charge in [0.25, 0.3) is 0 Å². The van der Waals surface area contributed by atoms with Crippen LogP contribution in [-0.2, 0) is 4.79 Å². The standard InChI is InChI=1S/C15H24N2O/c1-10(2)9-14(16)15(18)17-12(4)13-8-6-5-7-11(13)3/h5-8,10,12,14H,9,16H2,1-4H3,(H,17,18)/t12?,14-/m0/s1. The lowest BCUT2D eigenvalue weighted by molar-refractivity contribution is -0.123. The third-order valence-electron chi connectivity index (χ3n) is 3.08. The minimum atomic E-state index is -0.420. The van der Waals surface area contributed by atoms with Gasteiger partial charge in [0, 0.05) is 0 Å². The summed E-state index contributed by atoms with van der Waals surface area (Å²) >= 11 is 0. The van der Waals surface area contributed by atoms with Gasteiger partial charge in [0.15, 0.2) is 0 Å². The summed E-state index contributed by atoms with van der Waals surface area (Å²) in [6.45, 7) is 8.17. The number of carbonyl (C=O) groups is 1. The SMILES string of the molecule is Cc1ccccc1C(C)NC(=O)[C@@H](N)CC(C)C. The van der Waals surface area contributed by atoms with Crippen LogP contribution in [0.2, 0.25) is 0 Å². The molecule has 1 rings (SSSR count). The highest BCUT2D eigenvalue weighted by atomic mass is 16.2. The van der Waals surface area contributed by atoms with Gasteiger partial charge in [0.1, 0.15) is 0 Å². The predicted molar refractivity (Wildman–Crippen MR) is 75.2 cm³/mol. The molecule has 1 aromatic carbocycles. The number of hydrogen-bond acceptors (Lipinski definition) is 2. The van der Waals surface area contributed by atoms with Gasteiger partial charge in [-0.05, 0) is 37.3 Å². The summed E-state index contributed by atoms with van der Waals surface area (Å²) in [7, 11) is 0. The fourth-order valence-corrected chi connectivity index (χ4v) is 2.09. The van der Waals surface area contributed by atoms with Crippen LogP contribution in [0.3, 0.4) is 0 Å². The smallest absolute Gasteiger partial charge is 0.237 e. The molecule has 3 heteroatoms. The van der Waals surface area contributed by atoms with Crippen LogP contribution in [-0.4, -0.2) is 11.9 Å². The maximum atomic E-state index is 11.9. The topological polar surface area (TPSA) is 55.1 Å². The molecule has 18 heavy (non-hydrogen) atoms. The molecule has 0 aromatic heterocycles. The van der Waals surface area contributed by atoms with E-state index in [0.717, 1.165) is 5.56 Å². The van der Waals surface area contributed by atoms with Crippen molar-refractivity contribution in [1.29, 1.82) is 0 Å². The average molecular weight is 248 g/mol. The number of benzene rings is 1. The molecule has 0 bridgehead atoms. The minimum absolute atomic E-state index is 0.00286. The minimum Gasteiger partial charge on any atom is -0.348 e. The molecule has 0 saturated carbocycles. The molecule has 0 fully saturated rings. The van der Waals surface area contributed by atoms with Crippen LogP contribution in [0.15, 0.2) is 24.3 Å². The Hall–Kier alpha value is -1.35. The van der Waals surface area contributed by atoms with Gasteiger partial charge in [-0.15, -0.1) is 0 Å². The summed E-state index contributed by atoms with van der Waals surface area (Å²) in [5.41, 5.74) is 8.19. The van der Waals surface area contributed by atoms with Crippen molar-refractivity contribution in [1.82, 2.24) is 5.32 Å². The molecule has 0 aliphatic carbocycles. The molecule has 0 saturated heterocycles. The van der Waals surface area contributed by atoms with Crippen molar-refractivity contribution in [3.63, 3.8) is 0 Å². The third kappa shape index (κ3) is 4.15. The molecule has 0 heterocycles. The van der Waals surface area contributed by atoms with E-state index in [-0.39, 0.29) is 11.9 Å². The van der Waals surface area contributed by atoms with Crippen molar-refractivity contribution in [3.05, 3.63) is 35.4 Å². The van der Waals surface area contributed by atoms with E-state index in [9.17, 15) is 4.79 Å². The van der Waals surface area contributed by atoms with Crippen LogP contribution in [0.5, 0.6) is 0 Å². The average Bonchev–Trinajstić information content (AvgIpc) is 2.28. The van der Waals surface area contributed by atoms with Crippen LogP contribution < -0.4 is 11.1 Å². The third-order valence-corrected chi connectivity index (χ3v) is 3.08. The Labute approximate surface area is 110 Å². The Morgan fingerprint density at radius 2 is 1.89 bits per heavy atom. The summed E-state index contributed by atoms with van der Waals surface area (Å²) in [5, 5.41) is 2.98. The first-order valence-electron chi connectivity index (χ1n) is 6.53. The molecule has 0 aliphatic rings. The van der Waals surface area contributed by atoms with Crippen LogP contribution >= 0.6 is 0 Å². The second-order valence-electron chi connectivity index (χ2n) is 5.32. The largest absolute Gasteiger partial charge is 0.348 e. The van der Waals surface area contributed by atoms with Crippen molar-refractivity contribution >= 4 is 5.91 Å². The maximum absolute atomic E-state index is 11.9. The van der Waals surface area contributed by atoms with Crippen LogP contribution in [0, 0.1) is 12.8 Å². The highest BCUT2D eigenvalue weighted by molar-refractivity contribution is 5.81. The van der Waals surface area contributed by atoms with E-state index in [1.165, 1.54) is 5.56 Å². The highest BCUT2D eigenvalue weighted by Crippen LogP contribution is 2.16. The zero-order valence-electron chi connectivity index (χ0n) is 11.7. The lowest BCUT2D eigenvalue weighted by Gasteiger charge is -2.20. The molecule has 1 aromatic rings. The van der Waals surface area contributed by atoms with E-state index in [2.05, 4.69) is 19.2 Å². The number of amides is 1. The number of nitrogens with one attached hydrogen (secondary N) is 1. The summed E-state index contributed by atoms with van der Waals surface area (Å²) in [4.78, 5) is 11.9. The number of aryl methyl sites for hydroxylation is 1. The van der Waals surface area contributed by atoms with E-state index in [4.69, 9.17) is 5.73 Å². The van der Waals surface area contributed by atoms with Gasteiger partial charge in [-0.25, -0.2) is 0 Å². The van der Waals surface area contributed by atoms with Gasteiger partial charge >= 0.3 is 0 Å². The van der Waals surface area contributed by atoms with Gasteiger partial charge in [0.05, 0.1) is 12.1 Å². The van der Waals surface area contributed by atoms with Crippen molar-refractivity contribution in [2.24, 2.45) is 11.7 Å². The van der Waals surface area contributed by atoms with Crippen LogP contribution in [0.1, 0.15) is 44.4 Å². The molecule has 0 aliphatic heterocycles. The Morgan fingerprint density at radius 3 is 2.44 bits per heavy atom. The molecular weight excluding hydrogens is 224 g/mol. The number of nitrogens with two attached hydrogens (primary N) is 1. The Morgan fingerprint density at radius 1 is 1.28 bits per heavy atom. The second kappa shape index (κ2) is 6.55. The molecule has 2 atom stereocenters. The first-order valence-corrected chi connectivity index (χ1v) is 6.53. The van der Waals surface area contributed by atoms with Gasteiger partial charge in [-0.3, -0.25) is 4.79 Å². The first-order chi connectivity index (χ1) is 8.41. The number of carbonyl (C=O) groups excluding carboxylic acids is 1. The van der Waals surface area contributed by atoms with E-state index in [0.29, 0.717) is 12.3 Å². The first kappa shape index (κ1) is 14.7. The summed E-state index contributed by atoms with van der Waals surface area (Å²) < 4.78 is 0. The van der Waals surface area contributed by atoms with Crippen molar-refractivity contribution < 1.29 is 4.79 Å². The zero-order valence-corrected chi connectivity index (χ0v) is 11.7.